The predicted molar refractivity (Wildman–Crippen MR) is 115 cm³/mol. The van der Waals surface area contributed by atoms with Crippen LogP contribution in [0.1, 0.15) is 20.7 Å². The molecule has 10 heteroatoms. The van der Waals surface area contributed by atoms with Crippen molar-refractivity contribution in [1.29, 1.82) is 0 Å². The molecule has 0 atom stereocenters. The molecule has 0 unspecified atom stereocenters. The fraction of sp³-hybridized carbons (Fsp3) is 0.222. The highest BCUT2D eigenvalue weighted by Crippen LogP contribution is 2.22. The molecule has 0 aliphatic carbocycles. The second-order valence-corrected chi connectivity index (χ2v) is 8.41. The number of rotatable bonds is 9. The second kappa shape index (κ2) is 10.6. The predicted octanol–water partition coefficient (Wildman–Crippen LogP) is 1.80. The van der Waals surface area contributed by atoms with Crippen LogP contribution in [0.5, 0.6) is 11.5 Å². The quantitative estimate of drug-likeness (QED) is 0.203. The minimum Gasteiger partial charge on any atom is -0.507 e. The van der Waals surface area contributed by atoms with E-state index in [4.69, 9.17) is 11.5 Å². The average Bonchev–Trinajstić information content (AvgIpc) is 2.63. The molecule has 0 radical (unpaired) electrons. The van der Waals surface area contributed by atoms with Crippen LogP contribution in [0.4, 0.5) is 11.4 Å². The van der Waals surface area contributed by atoms with Gasteiger partial charge in [0.2, 0.25) is 0 Å². The van der Waals surface area contributed by atoms with Crippen molar-refractivity contribution in [1.82, 2.24) is 10.6 Å². The molecule has 0 aliphatic heterocycles. The number of carbonyl (C=O) groups excluding carboxylic acids is 2. The number of hydrogen-bond donors (Lipinski definition) is 6. The van der Waals surface area contributed by atoms with Gasteiger partial charge in [0, 0.05) is 48.1 Å². The number of carbonyl (C=O) groups is 2. The molecule has 0 aliphatic rings. The minimum absolute atomic E-state index is 0.151. The number of phenolic OH excluding ortho intramolecular Hbond substituents is 2. The van der Waals surface area contributed by atoms with Crippen LogP contribution >= 0.6 is 21.6 Å². The lowest BCUT2D eigenvalue weighted by Crippen LogP contribution is -2.26. The van der Waals surface area contributed by atoms with Crippen LogP contribution < -0.4 is 22.1 Å². The van der Waals surface area contributed by atoms with Gasteiger partial charge in [-0.2, -0.15) is 0 Å². The summed E-state index contributed by atoms with van der Waals surface area (Å²) in [4.78, 5) is 23.9. The first-order chi connectivity index (χ1) is 13.4. The van der Waals surface area contributed by atoms with Gasteiger partial charge in [0.05, 0.1) is 11.1 Å². The first-order valence-corrected chi connectivity index (χ1v) is 10.8. The molecule has 0 aromatic heterocycles. The standard InChI is InChI=1S/C18H22N4O4S2/c19-11-1-3-13(15(23)9-11)17(25)21-5-7-27-28-8-6-22-18(26)14-4-2-12(20)10-16(14)24/h1-4,9-10,23-24H,5-8,19-20H2,(H,21,25)(H,22,26). The third-order valence-electron chi connectivity index (χ3n) is 3.56. The monoisotopic (exact) mass is 422 g/mol. The molecular weight excluding hydrogens is 400 g/mol. The van der Waals surface area contributed by atoms with Crippen molar-refractivity contribution < 1.29 is 19.8 Å². The SMILES string of the molecule is Nc1ccc(C(=O)NCCSSCCNC(=O)c2ccc(N)cc2O)c(O)c1. The van der Waals surface area contributed by atoms with E-state index in [0.29, 0.717) is 36.0 Å². The topological polar surface area (TPSA) is 151 Å². The Morgan fingerprint density at radius 3 is 1.54 bits per heavy atom. The van der Waals surface area contributed by atoms with E-state index in [9.17, 15) is 19.8 Å². The van der Waals surface area contributed by atoms with Crippen molar-refractivity contribution in [3.05, 3.63) is 47.5 Å². The molecule has 0 bridgehead atoms. The molecule has 2 aromatic carbocycles. The molecule has 0 heterocycles. The number of amides is 2. The highest BCUT2D eigenvalue weighted by molar-refractivity contribution is 8.76. The summed E-state index contributed by atoms with van der Waals surface area (Å²) in [5.74, 6) is 0.305. The summed E-state index contributed by atoms with van der Waals surface area (Å²) in [5, 5.41) is 24.9. The number of phenols is 2. The summed E-state index contributed by atoms with van der Waals surface area (Å²) < 4.78 is 0. The van der Waals surface area contributed by atoms with E-state index in [0.717, 1.165) is 0 Å². The van der Waals surface area contributed by atoms with Gasteiger partial charge in [0.15, 0.2) is 0 Å². The third-order valence-corrected chi connectivity index (χ3v) is 5.97. The van der Waals surface area contributed by atoms with Gasteiger partial charge in [-0.25, -0.2) is 0 Å². The molecule has 28 heavy (non-hydrogen) atoms. The fourth-order valence-electron chi connectivity index (χ4n) is 2.20. The number of nitrogen functional groups attached to an aromatic ring is 2. The minimum atomic E-state index is -0.362. The smallest absolute Gasteiger partial charge is 0.255 e. The molecule has 0 saturated heterocycles. The zero-order valence-electron chi connectivity index (χ0n) is 15.0. The number of aromatic hydroxyl groups is 2. The maximum Gasteiger partial charge on any atom is 0.255 e. The van der Waals surface area contributed by atoms with E-state index in [1.54, 1.807) is 33.7 Å². The fourth-order valence-corrected chi connectivity index (χ4v) is 4.02. The lowest BCUT2D eigenvalue weighted by atomic mass is 10.1. The molecule has 0 spiro atoms. The van der Waals surface area contributed by atoms with Crippen LogP contribution in [0.3, 0.4) is 0 Å². The van der Waals surface area contributed by atoms with Crippen LogP contribution in [0, 0.1) is 0 Å². The number of nitrogens with one attached hydrogen (secondary N) is 2. The first kappa shape index (κ1) is 21.6. The third kappa shape index (κ3) is 6.46. The van der Waals surface area contributed by atoms with Crippen molar-refractivity contribution >= 4 is 44.8 Å². The normalized spacial score (nSPS) is 10.4. The molecule has 8 nitrogen and oxygen atoms in total. The Morgan fingerprint density at radius 1 is 0.786 bits per heavy atom. The molecule has 2 aromatic rings. The largest absolute Gasteiger partial charge is 0.507 e. The zero-order chi connectivity index (χ0) is 20.5. The van der Waals surface area contributed by atoms with Crippen LogP contribution in [0.25, 0.3) is 0 Å². The van der Waals surface area contributed by atoms with Gasteiger partial charge < -0.3 is 32.3 Å². The maximum absolute atomic E-state index is 12.0. The Kier molecular flexibility index (Phi) is 8.15. The Morgan fingerprint density at radius 2 is 1.18 bits per heavy atom. The highest BCUT2D eigenvalue weighted by Gasteiger charge is 2.11. The summed E-state index contributed by atoms with van der Waals surface area (Å²) >= 11 is 0. The number of hydrogen-bond acceptors (Lipinski definition) is 8. The van der Waals surface area contributed by atoms with Gasteiger partial charge in [-0.15, -0.1) is 0 Å². The lowest BCUT2D eigenvalue weighted by molar-refractivity contribution is 0.0945. The van der Waals surface area contributed by atoms with E-state index in [1.165, 1.54) is 24.3 Å². The van der Waals surface area contributed by atoms with Crippen molar-refractivity contribution in [2.45, 2.75) is 0 Å². The highest BCUT2D eigenvalue weighted by atomic mass is 33.1. The van der Waals surface area contributed by atoms with Gasteiger partial charge in [-0.1, -0.05) is 21.6 Å². The lowest BCUT2D eigenvalue weighted by Gasteiger charge is -2.08. The van der Waals surface area contributed by atoms with Gasteiger partial charge in [-0.05, 0) is 24.3 Å². The van der Waals surface area contributed by atoms with E-state index in [1.807, 2.05) is 0 Å². The van der Waals surface area contributed by atoms with Crippen LogP contribution in [-0.4, -0.2) is 46.6 Å². The van der Waals surface area contributed by atoms with Crippen molar-refractivity contribution in [3.8, 4) is 11.5 Å². The molecule has 150 valence electrons. The van der Waals surface area contributed by atoms with Crippen molar-refractivity contribution in [3.63, 3.8) is 0 Å². The Bertz CT molecular complexity index is 779. The summed E-state index contributed by atoms with van der Waals surface area (Å²) in [6, 6.07) is 8.72. The van der Waals surface area contributed by atoms with Crippen LogP contribution in [-0.2, 0) is 0 Å². The van der Waals surface area contributed by atoms with Gasteiger partial charge in [-0.3, -0.25) is 9.59 Å². The summed E-state index contributed by atoms with van der Waals surface area (Å²) in [6.45, 7) is 0.873. The summed E-state index contributed by atoms with van der Waals surface area (Å²) in [7, 11) is 3.10. The molecule has 0 fully saturated rings. The van der Waals surface area contributed by atoms with Gasteiger partial charge >= 0.3 is 0 Å². The molecule has 2 rings (SSSR count). The Labute approximate surface area is 170 Å². The summed E-state index contributed by atoms with van der Waals surface area (Å²) in [5.41, 5.74) is 12.2. The zero-order valence-corrected chi connectivity index (χ0v) is 16.6. The average molecular weight is 423 g/mol. The van der Waals surface area contributed by atoms with Crippen LogP contribution in [0.2, 0.25) is 0 Å². The molecular formula is C18H22N4O4S2. The molecule has 0 saturated carbocycles. The van der Waals surface area contributed by atoms with E-state index in [2.05, 4.69) is 10.6 Å². The molecule has 8 N–H and O–H groups in total. The second-order valence-electron chi connectivity index (χ2n) is 5.71. The van der Waals surface area contributed by atoms with Crippen molar-refractivity contribution in [2.24, 2.45) is 0 Å². The van der Waals surface area contributed by atoms with E-state index < -0.39 is 0 Å². The van der Waals surface area contributed by atoms with Crippen LogP contribution in [0.15, 0.2) is 36.4 Å². The van der Waals surface area contributed by atoms with E-state index >= 15 is 0 Å². The maximum atomic E-state index is 12.0. The van der Waals surface area contributed by atoms with Gasteiger partial charge in [0.25, 0.3) is 11.8 Å². The summed E-state index contributed by atoms with van der Waals surface area (Å²) in [6.07, 6.45) is 0. The Balaban J connectivity index is 1.58. The van der Waals surface area contributed by atoms with E-state index in [-0.39, 0.29) is 34.4 Å². The first-order valence-electron chi connectivity index (χ1n) is 8.36. The number of nitrogens with two attached hydrogens (primary N) is 2. The van der Waals surface area contributed by atoms with Gasteiger partial charge in [0.1, 0.15) is 11.5 Å². The Hall–Kier alpha value is -2.72. The number of benzene rings is 2. The number of anilines is 2. The van der Waals surface area contributed by atoms with Crippen molar-refractivity contribution in [2.75, 3.05) is 36.1 Å². The molecule has 2 amide bonds.